The molecule has 0 aromatic carbocycles. The van der Waals surface area contributed by atoms with Crippen LogP contribution in [0, 0.1) is 11.8 Å². The largest absolute Gasteiger partial charge is 0.316 e. The summed E-state index contributed by atoms with van der Waals surface area (Å²) in [6.07, 6.45) is 8.26. The van der Waals surface area contributed by atoms with E-state index < -0.39 is 0 Å². The highest BCUT2D eigenvalue weighted by Crippen LogP contribution is 2.49. The first-order valence-electron chi connectivity index (χ1n) is 5.41. The van der Waals surface area contributed by atoms with Gasteiger partial charge in [0.15, 0.2) is 0 Å². The van der Waals surface area contributed by atoms with Crippen molar-refractivity contribution in [1.82, 2.24) is 15.3 Å². The van der Waals surface area contributed by atoms with Crippen LogP contribution in [-0.4, -0.2) is 23.1 Å². The predicted octanol–water partition coefficient (Wildman–Crippen LogP) is 1.19. The lowest BCUT2D eigenvalue weighted by Crippen LogP contribution is -2.47. The second-order valence-electron chi connectivity index (χ2n) is 4.43. The number of hydrogen-bond acceptors (Lipinski definition) is 3. The fourth-order valence-corrected chi connectivity index (χ4v) is 2.89. The Morgan fingerprint density at radius 1 is 1.29 bits per heavy atom. The Morgan fingerprint density at radius 2 is 2.14 bits per heavy atom. The summed E-state index contributed by atoms with van der Waals surface area (Å²) in [6, 6.07) is 0. The van der Waals surface area contributed by atoms with Gasteiger partial charge < -0.3 is 5.32 Å². The smallest absolute Gasteiger partial charge is 0.115 e. The average Bonchev–Trinajstić information content (AvgIpc) is 2.22. The van der Waals surface area contributed by atoms with E-state index in [1.807, 2.05) is 12.4 Å². The molecule has 1 aromatic rings. The van der Waals surface area contributed by atoms with Crippen molar-refractivity contribution >= 4 is 0 Å². The molecule has 0 radical (unpaired) electrons. The van der Waals surface area contributed by atoms with E-state index >= 15 is 0 Å². The van der Waals surface area contributed by atoms with Crippen molar-refractivity contribution in [2.75, 3.05) is 13.1 Å². The number of piperidine rings is 1. The number of nitrogens with one attached hydrogen (secondary N) is 1. The highest BCUT2D eigenvalue weighted by molar-refractivity contribution is 5.18. The van der Waals surface area contributed by atoms with Gasteiger partial charge in [0.2, 0.25) is 0 Å². The summed E-state index contributed by atoms with van der Waals surface area (Å²) in [4.78, 5) is 8.19. The second-order valence-corrected chi connectivity index (χ2v) is 4.43. The van der Waals surface area contributed by atoms with Gasteiger partial charge in [-0.05, 0) is 49.2 Å². The summed E-state index contributed by atoms with van der Waals surface area (Å²) in [5.41, 5.74) is 1.33. The Bertz CT molecular complexity index is 312. The minimum Gasteiger partial charge on any atom is -0.316 e. The molecule has 1 aliphatic heterocycles. The lowest BCUT2D eigenvalue weighted by Gasteiger charge is -2.48. The molecule has 2 aliphatic rings. The Balaban J connectivity index is 1.76. The monoisotopic (exact) mass is 189 g/mol. The molecule has 3 nitrogen and oxygen atoms in total. The van der Waals surface area contributed by atoms with Crippen LogP contribution in [0.4, 0.5) is 0 Å². The number of rotatable bonds is 1. The van der Waals surface area contributed by atoms with Crippen molar-refractivity contribution in [3.63, 3.8) is 0 Å². The number of nitrogens with zero attached hydrogens (tertiary/aromatic N) is 2. The Labute approximate surface area is 84.0 Å². The number of hydrogen-bond donors (Lipinski definition) is 1. The lowest BCUT2D eigenvalue weighted by atomic mass is 9.60. The highest BCUT2D eigenvalue weighted by atomic mass is 14.9. The van der Waals surface area contributed by atoms with Gasteiger partial charge in [-0.15, -0.1) is 0 Å². The fraction of sp³-hybridized carbons (Fsp3) is 0.636. The zero-order valence-electron chi connectivity index (χ0n) is 8.19. The summed E-state index contributed by atoms with van der Waals surface area (Å²) >= 11 is 0. The summed E-state index contributed by atoms with van der Waals surface area (Å²) < 4.78 is 0. The predicted molar refractivity (Wildman–Crippen MR) is 53.9 cm³/mol. The summed E-state index contributed by atoms with van der Waals surface area (Å²) in [5, 5.41) is 3.48. The third kappa shape index (κ3) is 1.23. The normalized spacial score (nSPS) is 35.9. The van der Waals surface area contributed by atoms with Crippen molar-refractivity contribution < 1.29 is 0 Å². The average molecular weight is 189 g/mol. The van der Waals surface area contributed by atoms with Crippen LogP contribution in [0.1, 0.15) is 24.3 Å². The van der Waals surface area contributed by atoms with E-state index in [2.05, 4.69) is 15.3 Å². The van der Waals surface area contributed by atoms with E-state index in [0.717, 1.165) is 11.8 Å². The fourth-order valence-electron chi connectivity index (χ4n) is 2.89. The standard InChI is InChI=1S/C11H15N3/c1-2-12-6-11-8(1)3-10(11)9-4-13-7-14-5-9/h4-5,7-8,10-12H,1-3,6H2/t8-,10+,11-/m0/s1. The molecule has 74 valence electrons. The van der Waals surface area contributed by atoms with Gasteiger partial charge in [-0.2, -0.15) is 0 Å². The maximum atomic E-state index is 4.09. The second kappa shape index (κ2) is 3.31. The van der Waals surface area contributed by atoms with Crippen LogP contribution < -0.4 is 5.32 Å². The van der Waals surface area contributed by atoms with Gasteiger partial charge in [0.1, 0.15) is 6.33 Å². The molecule has 2 heterocycles. The first kappa shape index (κ1) is 8.36. The van der Waals surface area contributed by atoms with Crippen LogP contribution in [0.3, 0.4) is 0 Å². The summed E-state index contributed by atoms with van der Waals surface area (Å²) in [5.74, 6) is 2.52. The van der Waals surface area contributed by atoms with Gasteiger partial charge in [-0.1, -0.05) is 0 Å². The molecule has 1 saturated carbocycles. The molecule has 1 aromatic heterocycles. The SMILES string of the molecule is c1ncc([C@H]2C[C@@H]3CCNC[C@@H]32)cn1. The van der Waals surface area contributed by atoms with Crippen LogP contribution in [0.5, 0.6) is 0 Å². The van der Waals surface area contributed by atoms with Crippen LogP contribution in [-0.2, 0) is 0 Å². The summed E-state index contributed by atoms with van der Waals surface area (Å²) in [6.45, 7) is 2.39. The molecular weight excluding hydrogens is 174 g/mol. The Hall–Kier alpha value is -0.960. The van der Waals surface area contributed by atoms with Crippen molar-refractivity contribution in [2.45, 2.75) is 18.8 Å². The minimum absolute atomic E-state index is 0.717. The van der Waals surface area contributed by atoms with E-state index in [1.54, 1.807) is 6.33 Å². The zero-order chi connectivity index (χ0) is 9.38. The minimum atomic E-state index is 0.717. The van der Waals surface area contributed by atoms with E-state index in [0.29, 0.717) is 5.92 Å². The Kier molecular flexibility index (Phi) is 1.98. The third-order valence-corrected chi connectivity index (χ3v) is 3.76. The molecule has 3 rings (SSSR count). The molecule has 0 unspecified atom stereocenters. The number of aromatic nitrogens is 2. The van der Waals surface area contributed by atoms with Crippen molar-refractivity contribution in [3.8, 4) is 0 Å². The summed E-state index contributed by atoms with van der Waals surface area (Å²) in [7, 11) is 0. The molecule has 0 amide bonds. The van der Waals surface area contributed by atoms with Crippen LogP contribution in [0.2, 0.25) is 0 Å². The van der Waals surface area contributed by atoms with Crippen LogP contribution in [0.25, 0.3) is 0 Å². The highest BCUT2D eigenvalue weighted by Gasteiger charge is 2.42. The molecule has 3 atom stereocenters. The van der Waals surface area contributed by atoms with E-state index in [4.69, 9.17) is 0 Å². The van der Waals surface area contributed by atoms with E-state index in [-0.39, 0.29) is 0 Å². The molecule has 2 fully saturated rings. The van der Waals surface area contributed by atoms with Crippen molar-refractivity contribution in [2.24, 2.45) is 11.8 Å². The van der Waals surface area contributed by atoms with Gasteiger partial charge >= 0.3 is 0 Å². The molecule has 14 heavy (non-hydrogen) atoms. The maximum Gasteiger partial charge on any atom is 0.115 e. The zero-order valence-corrected chi connectivity index (χ0v) is 8.19. The van der Waals surface area contributed by atoms with Gasteiger partial charge in [0.05, 0.1) is 0 Å². The van der Waals surface area contributed by atoms with Gasteiger partial charge in [0, 0.05) is 12.4 Å². The van der Waals surface area contributed by atoms with Crippen molar-refractivity contribution in [1.29, 1.82) is 0 Å². The quantitative estimate of drug-likeness (QED) is 0.721. The van der Waals surface area contributed by atoms with Crippen LogP contribution in [0.15, 0.2) is 18.7 Å². The lowest BCUT2D eigenvalue weighted by molar-refractivity contribution is 0.0930. The molecule has 0 bridgehead atoms. The van der Waals surface area contributed by atoms with Gasteiger partial charge in [-0.25, -0.2) is 9.97 Å². The maximum absolute atomic E-state index is 4.09. The molecule has 0 spiro atoms. The topological polar surface area (TPSA) is 37.8 Å². The molecule has 1 saturated heterocycles. The number of fused-ring (bicyclic) bond motifs is 1. The van der Waals surface area contributed by atoms with Crippen molar-refractivity contribution in [3.05, 3.63) is 24.3 Å². The first-order valence-corrected chi connectivity index (χ1v) is 5.41. The van der Waals surface area contributed by atoms with Gasteiger partial charge in [-0.3, -0.25) is 0 Å². The third-order valence-electron chi connectivity index (χ3n) is 3.76. The van der Waals surface area contributed by atoms with E-state index in [9.17, 15) is 0 Å². The van der Waals surface area contributed by atoms with Crippen LogP contribution >= 0.6 is 0 Å². The van der Waals surface area contributed by atoms with Gasteiger partial charge in [0.25, 0.3) is 0 Å². The molecule has 1 aliphatic carbocycles. The molecule has 1 N–H and O–H groups in total. The first-order chi connectivity index (χ1) is 6.95. The van der Waals surface area contributed by atoms with E-state index in [1.165, 1.54) is 31.5 Å². The Morgan fingerprint density at radius 3 is 2.93 bits per heavy atom. The molecular formula is C11H15N3. The molecule has 3 heteroatoms.